The topological polar surface area (TPSA) is 101 Å². The van der Waals surface area contributed by atoms with E-state index in [1.54, 1.807) is 4.90 Å². The number of hydrogen-bond acceptors (Lipinski definition) is 8. The van der Waals surface area contributed by atoms with Crippen LogP contribution < -0.4 is 10.2 Å². The average Bonchev–Trinajstić information content (AvgIpc) is 2.75. The summed E-state index contributed by atoms with van der Waals surface area (Å²) in [5.74, 6) is -2.99. The minimum absolute atomic E-state index is 0.0331. The molecule has 1 saturated heterocycles. The van der Waals surface area contributed by atoms with Gasteiger partial charge in [0.1, 0.15) is 5.75 Å². The van der Waals surface area contributed by atoms with Crippen molar-refractivity contribution < 1.29 is 24.2 Å². The van der Waals surface area contributed by atoms with Gasteiger partial charge in [-0.25, -0.2) is 9.59 Å². The summed E-state index contributed by atoms with van der Waals surface area (Å²) < 4.78 is 10.8. The van der Waals surface area contributed by atoms with Gasteiger partial charge in [-0.3, -0.25) is 9.88 Å². The molecule has 3 rings (SSSR count). The van der Waals surface area contributed by atoms with E-state index in [2.05, 4.69) is 10.3 Å². The Labute approximate surface area is 126 Å². The fourth-order valence-electron chi connectivity index (χ4n) is 2.49. The lowest BCUT2D eigenvalue weighted by Crippen LogP contribution is -2.58. The van der Waals surface area contributed by atoms with Crippen molar-refractivity contribution in [3.05, 3.63) is 30.6 Å². The van der Waals surface area contributed by atoms with E-state index in [0.29, 0.717) is 18.8 Å². The van der Waals surface area contributed by atoms with Crippen LogP contribution in [0.2, 0.25) is 0 Å². The highest BCUT2D eigenvalue weighted by Gasteiger charge is 2.47. The number of ether oxygens (including phenoxy) is 2. The van der Waals surface area contributed by atoms with Gasteiger partial charge in [0, 0.05) is 24.8 Å². The molecule has 2 aliphatic heterocycles. The Hall–Kier alpha value is -2.61. The van der Waals surface area contributed by atoms with Crippen LogP contribution in [-0.4, -0.2) is 47.6 Å². The molecule has 0 amide bonds. The molecule has 0 aromatic carbocycles. The second kappa shape index (κ2) is 5.64. The molecule has 0 saturated carbocycles. The quantitative estimate of drug-likeness (QED) is 0.694. The van der Waals surface area contributed by atoms with Crippen molar-refractivity contribution in [1.82, 2.24) is 10.3 Å². The summed E-state index contributed by atoms with van der Waals surface area (Å²) in [5, 5.41) is 12.7. The molecule has 22 heavy (non-hydrogen) atoms. The van der Waals surface area contributed by atoms with Gasteiger partial charge in [-0.05, 0) is 13.0 Å². The highest BCUT2D eigenvalue weighted by Crippen LogP contribution is 2.31. The predicted octanol–water partition coefficient (Wildman–Crippen LogP) is -0.103. The van der Waals surface area contributed by atoms with E-state index in [4.69, 9.17) is 9.47 Å². The maximum atomic E-state index is 11.8. The monoisotopic (exact) mass is 305 g/mol. The zero-order valence-electron chi connectivity index (χ0n) is 11.7. The van der Waals surface area contributed by atoms with Crippen LogP contribution in [0.15, 0.2) is 30.6 Å². The first-order chi connectivity index (χ1) is 10.6. The Morgan fingerprint density at radius 1 is 1.23 bits per heavy atom. The second-order valence-corrected chi connectivity index (χ2v) is 4.97. The first-order valence-corrected chi connectivity index (χ1v) is 6.85. The number of carbonyl (C=O) groups excluding carboxylic acids is 2. The Morgan fingerprint density at radius 3 is 2.64 bits per heavy atom. The number of nitrogens with one attached hydrogen (secondary N) is 1. The third kappa shape index (κ3) is 2.73. The smallest absolute Gasteiger partial charge is 0.356 e. The normalized spacial score (nSPS) is 21.0. The molecule has 116 valence electrons. The van der Waals surface area contributed by atoms with E-state index in [-0.39, 0.29) is 12.3 Å². The van der Waals surface area contributed by atoms with E-state index in [9.17, 15) is 14.7 Å². The van der Waals surface area contributed by atoms with Gasteiger partial charge in [-0.15, -0.1) is 0 Å². The zero-order valence-corrected chi connectivity index (χ0v) is 11.7. The first-order valence-electron chi connectivity index (χ1n) is 6.85. The van der Waals surface area contributed by atoms with Crippen LogP contribution >= 0.6 is 0 Å². The molecule has 0 radical (unpaired) electrons. The van der Waals surface area contributed by atoms with E-state index < -0.39 is 17.8 Å². The van der Waals surface area contributed by atoms with Crippen molar-refractivity contribution >= 4 is 17.6 Å². The van der Waals surface area contributed by atoms with Gasteiger partial charge < -0.3 is 19.9 Å². The lowest BCUT2D eigenvalue weighted by Gasteiger charge is -2.40. The Kier molecular flexibility index (Phi) is 3.68. The third-order valence-corrected chi connectivity index (χ3v) is 3.39. The van der Waals surface area contributed by atoms with Crippen LogP contribution in [0.25, 0.3) is 0 Å². The number of hydrogen-bond donors (Lipinski definition) is 2. The van der Waals surface area contributed by atoms with Crippen LogP contribution in [-0.2, 0) is 19.1 Å². The summed E-state index contributed by atoms with van der Waals surface area (Å²) in [6.07, 6.45) is 5.59. The molecule has 1 spiro atoms. The lowest BCUT2D eigenvalue weighted by atomic mass is 10.3. The van der Waals surface area contributed by atoms with Gasteiger partial charge in [0.2, 0.25) is 0 Å². The van der Waals surface area contributed by atoms with E-state index in [1.807, 2.05) is 0 Å². The number of nitrogens with zero attached hydrogens (tertiary/aromatic N) is 2. The van der Waals surface area contributed by atoms with Crippen LogP contribution in [0.4, 0.5) is 5.69 Å². The highest BCUT2D eigenvalue weighted by molar-refractivity contribution is 5.93. The van der Waals surface area contributed by atoms with Crippen molar-refractivity contribution in [2.24, 2.45) is 0 Å². The van der Waals surface area contributed by atoms with Crippen molar-refractivity contribution in [2.45, 2.75) is 12.3 Å². The molecule has 1 aromatic heterocycles. The van der Waals surface area contributed by atoms with Crippen molar-refractivity contribution in [3.8, 4) is 5.75 Å². The fraction of sp³-hybridized carbons (Fsp3) is 0.357. The van der Waals surface area contributed by atoms with Crippen LogP contribution in [0.1, 0.15) is 6.42 Å². The van der Waals surface area contributed by atoms with Crippen molar-refractivity contribution in [1.29, 1.82) is 0 Å². The molecular weight excluding hydrogens is 290 g/mol. The number of pyridine rings is 1. The molecule has 3 heterocycles. The Morgan fingerprint density at radius 2 is 1.95 bits per heavy atom. The van der Waals surface area contributed by atoms with Gasteiger partial charge in [-0.2, -0.15) is 0 Å². The number of esters is 2. The molecule has 2 aliphatic rings. The minimum Gasteiger partial charge on any atom is -0.506 e. The maximum absolute atomic E-state index is 11.8. The minimum atomic E-state index is -1.61. The molecule has 0 unspecified atom stereocenters. The van der Waals surface area contributed by atoms with Gasteiger partial charge in [-0.1, -0.05) is 0 Å². The van der Waals surface area contributed by atoms with Gasteiger partial charge in [0.25, 0.3) is 0 Å². The number of aromatic hydroxyl groups is 1. The molecule has 0 atom stereocenters. The van der Waals surface area contributed by atoms with Gasteiger partial charge >= 0.3 is 17.8 Å². The van der Waals surface area contributed by atoms with Crippen LogP contribution in [0.3, 0.4) is 0 Å². The SMILES string of the molecule is O=C1C=CC(=O)OC2(CNCCCN2c2cncc(O)c2)O1. The molecular formula is C14H15N3O5. The Bertz CT molecular complexity index is 611. The number of anilines is 1. The summed E-state index contributed by atoms with van der Waals surface area (Å²) in [7, 11) is 0. The summed E-state index contributed by atoms with van der Waals surface area (Å²) >= 11 is 0. The Balaban J connectivity index is 2.03. The molecule has 2 N–H and O–H groups in total. The zero-order chi connectivity index (χ0) is 15.6. The number of rotatable bonds is 1. The molecule has 8 nitrogen and oxygen atoms in total. The number of aromatic nitrogens is 1. The number of carbonyl (C=O) groups is 2. The standard InChI is InChI=1S/C14H15N3O5/c18-11-6-10(7-16-8-11)17-5-1-4-15-9-14(17)21-12(19)2-3-13(20)22-14/h2-3,6-8,15,18H,1,4-5,9H2. The van der Waals surface area contributed by atoms with E-state index in [1.165, 1.54) is 18.5 Å². The molecule has 1 aromatic rings. The van der Waals surface area contributed by atoms with Crippen LogP contribution in [0, 0.1) is 0 Å². The fourth-order valence-corrected chi connectivity index (χ4v) is 2.49. The first kappa shape index (κ1) is 14.3. The summed E-state index contributed by atoms with van der Waals surface area (Å²) in [6, 6.07) is 1.47. The summed E-state index contributed by atoms with van der Waals surface area (Å²) in [6.45, 7) is 1.24. The predicted molar refractivity (Wildman–Crippen MR) is 74.8 cm³/mol. The molecule has 1 fully saturated rings. The molecule has 0 bridgehead atoms. The maximum Gasteiger partial charge on any atom is 0.356 e. The molecule has 8 heteroatoms. The van der Waals surface area contributed by atoms with Crippen molar-refractivity contribution in [2.75, 3.05) is 24.5 Å². The lowest BCUT2D eigenvalue weighted by molar-refractivity contribution is -0.217. The van der Waals surface area contributed by atoms with Gasteiger partial charge in [0.05, 0.1) is 24.6 Å². The second-order valence-electron chi connectivity index (χ2n) is 4.97. The average molecular weight is 305 g/mol. The van der Waals surface area contributed by atoms with E-state index in [0.717, 1.165) is 18.6 Å². The van der Waals surface area contributed by atoms with Crippen LogP contribution in [0.5, 0.6) is 5.75 Å². The highest BCUT2D eigenvalue weighted by atomic mass is 16.8. The van der Waals surface area contributed by atoms with Crippen molar-refractivity contribution in [3.63, 3.8) is 0 Å². The largest absolute Gasteiger partial charge is 0.506 e. The summed E-state index contributed by atoms with van der Waals surface area (Å²) in [5.41, 5.74) is 0.492. The third-order valence-electron chi connectivity index (χ3n) is 3.39. The van der Waals surface area contributed by atoms with E-state index >= 15 is 0 Å². The van der Waals surface area contributed by atoms with Gasteiger partial charge in [0.15, 0.2) is 0 Å². The molecule has 0 aliphatic carbocycles. The summed E-state index contributed by atoms with van der Waals surface area (Å²) in [4.78, 5) is 29.1.